The van der Waals surface area contributed by atoms with Crippen molar-refractivity contribution in [3.63, 3.8) is 0 Å². The number of carboxylic acids is 1. The molecule has 1 rings (SSSR count). The van der Waals surface area contributed by atoms with E-state index in [1.165, 1.54) is 6.07 Å². The molecule has 0 heterocycles. The molecular weight excluding hydrogens is 272 g/mol. The molecule has 0 bridgehead atoms. The van der Waals surface area contributed by atoms with E-state index in [2.05, 4.69) is 6.92 Å². The number of carbonyl (C=O) groups is 2. The summed E-state index contributed by atoms with van der Waals surface area (Å²) in [4.78, 5) is 23.1. The van der Waals surface area contributed by atoms with Crippen molar-refractivity contribution >= 4 is 11.9 Å². The highest BCUT2D eigenvalue weighted by Gasteiger charge is 2.23. The van der Waals surface area contributed by atoms with Gasteiger partial charge in [-0.05, 0) is 31.9 Å². The van der Waals surface area contributed by atoms with Gasteiger partial charge in [-0.25, -0.2) is 9.59 Å². The number of rotatable bonds is 9. The van der Waals surface area contributed by atoms with Crippen LogP contribution in [0.2, 0.25) is 0 Å². The third kappa shape index (κ3) is 5.45. The molecule has 5 nitrogen and oxygen atoms in total. The van der Waals surface area contributed by atoms with E-state index in [4.69, 9.17) is 14.6 Å². The van der Waals surface area contributed by atoms with Crippen molar-refractivity contribution in [1.82, 2.24) is 0 Å². The smallest absolute Gasteiger partial charge is 0.347 e. The van der Waals surface area contributed by atoms with Gasteiger partial charge in [-0.15, -0.1) is 0 Å². The first-order valence-electron chi connectivity index (χ1n) is 7.25. The summed E-state index contributed by atoms with van der Waals surface area (Å²) in [6.07, 6.45) is 2.59. The fraction of sp³-hybridized carbons (Fsp3) is 0.500. The molecular formula is C16H22O5. The van der Waals surface area contributed by atoms with E-state index in [-0.39, 0.29) is 17.9 Å². The Bertz CT molecular complexity index is 469. The van der Waals surface area contributed by atoms with Crippen LogP contribution in [-0.4, -0.2) is 29.8 Å². The highest BCUT2D eigenvalue weighted by molar-refractivity contribution is 5.91. The van der Waals surface area contributed by atoms with Crippen molar-refractivity contribution in [2.75, 3.05) is 6.61 Å². The van der Waals surface area contributed by atoms with Gasteiger partial charge in [0.05, 0.1) is 6.61 Å². The van der Waals surface area contributed by atoms with E-state index in [9.17, 15) is 9.59 Å². The van der Waals surface area contributed by atoms with Crippen molar-refractivity contribution < 1.29 is 24.2 Å². The molecule has 0 saturated carbocycles. The number of hydrogen-bond acceptors (Lipinski definition) is 4. The first kappa shape index (κ1) is 17.0. The standard InChI is InChI=1S/C16H22O5/c1-3-5-6-11-14(16(19)20-4-2)21-13-10-8-7-9-12(13)15(17)18/h7-10,14H,3-6,11H2,1-2H3,(H,17,18). The maximum absolute atomic E-state index is 11.9. The van der Waals surface area contributed by atoms with Crippen LogP contribution in [0.1, 0.15) is 49.9 Å². The number of hydrogen-bond donors (Lipinski definition) is 1. The molecule has 1 atom stereocenters. The van der Waals surface area contributed by atoms with E-state index in [0.717, 1.165) is 19.3 Å². The van der Waals surface area contributed by atoms with Gasteiger partial charge in [-0.3, -0.25) is 0 Å². The van der Waals surface area contributed by atoms with Crippen LogP contribution in [0, 0.1) is 0 Å². The summed E-state index contributed by atoms with van der Waals surface area (Å²) in [5.74, 6) is -1.34. The van der Waals surface area contributed by atoms with E-state index < -0.39 is 18.0 Å². The van der Waals surface area contributed by atoms with Crippen LogP contribution in [0.5, 0.6) is 5.75 Å². The molecule has 0 amide bonds. The summed E-state index contributed by atoms with van der Waals surface area (Å²) in [6, 6.07) is 6.30. The molecule has 1 N–H and O–H groups in total. The van der Waals surface area contributed by atoms with Gasteiger partial charge in [0.2, 0.25) is 0 Å². The number of ether oxygens (including phenoxy) is 2. The molecule has 0 aliphatic heterocycles. The lowest BCUT2D eigenvalue weighted by atomic mass is 10.1. The van der Waals surface area contributed by atoms with Crippen LogP contribution in [0.25, 0.3) is 0 Å². The normalized spacial score (nSPS) is 11.7. The monoisotopic (exact) mass is 294 g/mol. The molecule has 0 aliphatic carbocycles. The van der Waals surface area contributed by atoms with Gasteiger partial charge in [0.25, 0.3) is 0 Å². The Balaban J connectivity index is 2.84. The van der Waals surface area contributed by atoms with Crippen molar-refractivity contribution in [2.45, 2.75) is 45.6 Å². The molecule has 1 aromatic rings. The Kier molecular flexibility index (Phi) is 7.29. The molecule has 0 fully saturated rings. The number of para-hydroxylation sites is 1. The second-order valence-electron chi connectivity index (χ2n) is 4.66. The fourth-order valence-corrected chi connectivity index (χ4v) is 1.94. The number of aromatic carboxylic acids is 1. The quantitative estimate of drug-likeness (QED) is 0.559. The van der Waals surface area contributed by atoms with Crippen LogP contribution < -0.4 is 4.74 Å². The number of unbranched alkanes of at least 4 members (excludes halogenated alkanes) is 2. The predicted octanol–water partition coefficient (Wildman–Crippen LogP) is 3.28. The van der Waals surface area contributed by atoms with Crippen LogP contribution in [0.15, 0.2) is 24.3 Å². The third-order valence-corrected chi connectivity index (χ3v) is 3.01. The molecule has 0 spiro atoms. The average molecular weight is 294 g/mol. The minimum Gasteiger partial charge on any atom is -0.478 e. The van der Waals surface area contributed by atoms with Crippen molar-refractivity contribution in [3.8, 4) is 5.75 Å². The van der Waals surface area contributed by atoms with Crippen molar-refractivity contribution in [1.29, 1.82) is 0 Å². The Morgan fingerprint density at radius 3 is 2.52 bits per heavy atom. The van der Waals surface area contributed by atoms with Gasteiger partial charge < -0.3 is 14.6 Å². The first-order chi connectivity index (χ1) is 10.1. The topological polar surface area (TPSA) is 72.8 Å². The molecule has 1 aromatic carbocycles. The Morgan fingerprint density at radius 2 is 1.90 bits per heavy atom. The number of carboxylic acid groups (broad SMARTS) is 1. The Labute approximate surface area is 124 Å². The molecule has 0 radical (unpaired) electrons. The maximum Gasteiger partial charge on any atom is 0.347 e. The van der Waals surface area contributed by atoms with Crippen molar-refractivity contribution in [3.05, 3.63) is 29.8 Å². The van der Waals surface area contributed by atoms with Crippen LogP contribution in [0.4, 0.5) is 0 Å². The van der Waals surface area contributed by atoms with Crippen LogP contribution >= 0.6 is 0 Å². The zero-order valence-electron chi connectivity index (χ0n) is 12.5. The van der Waals surface area contributed by atoms with E-state index in [1.54, 1.807) is 25.1 Å². The molecule has 21 heavy (non-hydrogen) atoms. The Hall–Kier alpha value is -2.04. The van der Waals surface area contributed by atoms with E-state index in [1.807, 2.05) is 0 Å². The third-order valence-electron chi connectivity index (χ3n) is 3.01. The van der Waals surface area contributed by atoms with Gasteiger partial charge in [0.1, 0.15) is 11.3 Å². The molecule has 116 valence electrons. The summed E-state index contributed by atoms with van der Waals surface area (Å²) in [7, 11) is 0. The summed E-state index contributed by atoms with van der Waals surface area (Å²) < 4.78 is 10.6. The minimum absolute atomic E-state index is 0.0438. The first-order valence-corrected chi connectivity index (χ1v) is 7.25. The average Bonchev–Trinajstić information content (AvgIpc) is 2.47. The fourth-order valence-electron chi connectivity index (χ4n) is 1.94. The molecule has 1 unspecified atom stereocenters. The zero-order valence-corrected chi connectivity index (χ0v) is 12.5. The highest BCUT2D eigenvalue weighted by Crippen LogP contribution is 2.21. The number of esters is 1. The van der Waals surface area contributed by atoms with Gasteiger partial charge in [0, 0.05) is 0 Å². The second kappa shape index (κ2) is 9.00. The summed E-state index contributed by atoms with van der Waals surface area (Å²) >= 11 is 0. The lowest BCUT2D eigenvalue weighted by Gasteiger charge is -2.18. The van der Waals surface area contributed by atoms with Gasteiger partial charge in [0.15, 0.2) is 6.10 Å². The minimum atomic E-state index is -1.08. The summed E-state index contributed by atoms with van der Waals surface area (Å²) in [5.41, 5.74) is 0.0438. The largest absolute Gasteiger partial charge is 0.478 e. The van der Waals surface area contributed by atoms with Crippen molar-refractivity contribution in [2.24, 2.45) is 0 Å². The lowest BCUT2D eigenvalue weighted by molar-refractivity contribution is -0.151. The highest BCUT2D eigenvalue weighted by atomic mass is 16.6. The van der Waals surface area contributed by atoms with Crippen LogP contribution in [0.3, 0.4) is 0 Å². The summed E-state index contributed by atoms with van der Waals surface area (Å²) in [5, 5.41) is 9.14. The number of benzene rings is 1. The van der Waals surface area contributed by atoms with Crippen LogP contribution in [-0.2, 0) is 9.53 Å². The second-order valence-corrected chi connectivity index (χ2v) is 4.66. The maximum atomic E-state index is 11.9. The lowest BCUT2D eigenvalue weighted by Crippen LogP contribution is -2.30. The predicted molar refractivity (Wildman–Crippen MR) is 78.6 cm³/mol. The molecule has 0 aromatic heterocycles. The SMILES string of the molecule is CCCCCC(Oc1ccccc1C(=O)O)C(=O)OCC. The molecule has 0 aliphatic rings. The van der Waals surface area contributed by atoms with Gasteiger partial charge in [-0.2, -0.15) is 0 Å². The van der Waals surface area contributed by atoms with E-state index in [0.29, 0.717) is 6.42 Å². The van der Waals surface area contributed by atoms with E-state index >= 15 is 0 Å². The van der Waals surface area contributed by atoms with Gasteiger partial charge >= 0.3 is 11.9 Å². The summed E-state index contributed by atoms with van der Waals surface area (Å²) in [6.45, 7) is 4.07. The zero-order chi connectivity index (χ0) is 15.7. The molecule has 0 saturated heterocycles. The number of carbonyl (C=O) groups excluding carboxylic acids is 1. The van der Waals surface area contributed by atoms with Gasteiger partial charge in [-0.1, -0.05) is 31.9 Å². The Morgan fingerprint density at radius 1 is 1.19 bits per heavy atom. The molecule has 5 heteroatoms.